The van der Waals surface area contributed by atoms with Gasteiger partial charge in [-0.05, 0) is 104 Å². The molecule has 2 aliphatic heterocycles. The van der Waals surface area contributed by atoms with Crippen molar-refractivity contribution in [2.45, 2.75) is 143 Å². The molecule has 0 aromatic heterocycles. The van der Waals surface area contributed by atoms with Crippen molar-refractivity contribution in [2.24, 2.45) is 57.7 Å². The fraction of sp³-hybridized carbons (Fsp3) is 1.00. The zero-order chi connectivity index (χ0) is 29.0. The average Bonchev–Trinajstić information content (AvgIpc) is 3.54. The second-order valence-corrected chi connectivity index (χ2v) is 17.0. The zero-order valence-electron chi connectivity index (χ0n) is 26.7. The summed E-state index contributed by atoms with van der Waals surface area (Å²) in [6, 6.07) is 0. The topological polar surface area (TPSA) is 77.4 Å². The maximum Gasteiger partial charge on any atom is 0.172 e. The number of aliphatic hydroxyl groups is 2. The lowest BCUT2D eigenvalue weighted by Gasteiger charge is -2.65. The highest BCUT2D eigenvalue weighted by atomic mass is 16.8. The first-order valence-electron chi connectivity index (χ1n) is 16.5. The van der Waals surface area contributed by atoms with Gasteiger partial charge in [0.1, 0.15) is 0 Å². The number of hydrogen-bond donors (Lipinski definition) is 2. The normalized spacial score (nSPS) is 48.5. The summed E-state index contributed by atoms with van der Waals surface area (Å²) in [5.74, 6) is 1.51. The van der Waals surface area contributed by atoms with Crippen molar-refractivity contribution in [3.63, 3.8) is 0 Å². The third-order valence-corrected chi connectivity index (χ3v) is 13.8. The van der Waals surface area contributed by atoms with Crippen LogP contribution in [-0.2, 0) is 18.9 Å². The Hall–Kier alpha value is -0.240. The van der Waals surface area contributed by atoms with E-state index in [0.717, 1.165) is 25.7 Å². The molecule has 0 amide bonds. The fourth-order valence-electron chi connectivity index (χ4n) is 11.4. The summed E-state index contributed by atoms with van der Waals surface area (Å²) in [5, 5.41) is 22.7. The van der Waals surface area contributed by atoms with Gasteiger partial charge in [0, 0.05) is 12.3 Å². The maximum atomic E-state index is 11.5. The Morgan fingerprint density at radius 2 is 1.40 bits per heavy atom. The molecule has 230 valence electrons. The van der Waals surface area contributed by atoms with Gasteiger partial charge in [-0.25, -0.2) is 0 Å². The van der Waals surface area contributed by atoms with Crippen molar-refractivity contribution in [3.8, 4) is 0 Å². The van der Waals surface area contributed by atoms with Crippen LogP contribution in [0.4, 0.5) is 0 Å². The van der Waals surface area contributed by atoms with Gasteiger partial charge in [-0.15, -0.1) is 0 Å². The molecule has 13 atom stereocenters. The van der Waals surface area contributed by atoms with Gasteiger partial charge in [-0.2, -0.15) is 0 Å². The third kappa shape index (κ3) is 4.39. The Kier molecular flexibility index (Phi) is 7.18. The van der Waals surface area contributed by atoms with Crippen LogP contribution in [0.15, 0.2) is 0 Å². The largest absolute Gasteiger partial charge is 0.390 e. The molecule has 6 aliphatic rings. The maximum absolute atomic E-state index is 11.5. The third-order valence-electron chi connectivity index (χ3n) is 13.8. The van der Waals surface area contributed by atoms with Crippen LogP contribution in [0.5, 0.6) is 0 Å². The first-order valence-corrected chi connectivity index (χ1v) is 16.5. The van der Waals surface area contributed by atoms with Crippen LogP contribution < -0.4 is 0 Å². The molecule has 6 nitrogen and oxygen atoms in total. The minimum Gasteiger partial charge on any atom is -0.390 e. The molecule has 6 rings (SSSR count). The van der Waals surface area contributed by atoms with E-state index in [0.29, 0.717) is 42.8 Å². The van der Waals surface area contributed by atoms with Crippen LogP contribution in [0, 0.1) is 57.7 Å². The minimum absolute atomic E-state index is 0.0272. The molecule has 4 unspecified atom stereocenters. The molecule has 4 saturated carbocycles. The molecule has 0 aromatic rings. The Morgan fingerprint density at radius 1 is 0.775 bits per heavy atom. The van der Waals surface area contributed by atoms with Crippen molar-refractivity contribution in [3.05, 3.63) is 0 Å². The quantitative estimate of drug-likeness (QED) is 0.427. The van der Waals surface area contributed by atoms with E-state index in [2.05, 4.69) is 62.3 Å². The minimum atomic E-state index is -0.708. The van der Waals surface area contributed by atoms with Crippen molar-refractivity contribution in [1.82, 2.24) is 0 Å². The highest BCUT2D eigenvalue weighted by molar-refractivity contribution is 5.16. The standard InChI is InChI=1S/C34H58O6/c1-19(28(35)29(36)20(2)30(3,4)5)22-10-11-23-21-17-34(37-14-15-38-34)27-16-25-26(40-31(6,7)39-25)18-33(27,9)24(21)12-13-32(22,23)8/h19-29,35-36H,10-18H2,1-9H3/t19-,20+,21?,22+,23?,24?,25-,26+,27?,28+,29+,32+,33+/m0/s1. The lowest BCUT2D eigenvalue weighted by Crippen LogP contribution is -2.65. The lowest BCUT2D eigenvalue weighted by molar-refractivity contribution is -0.301. The lowest BCUT2D eigenvalue weighted by atomic mass is 9.42. The van der Waals surface area contributed by atoms with Crippen LogP contribution in [0.3, 0.4) is 0 Å². The van der Waals surface area contributed by atoms with Crippen molar-refractivity contribution < 1.29 is 29.2 Å². The van der Waals surface area contributed by atoms with E-state index in [1.165, 1.54) is 19.3 Å². The summed E-state index contributed by atoms with van der Waals surface area (Å²) in [6.45, 7) is 21.3. The van der Waals surface area contributed by atoms with Gasteiger partial charge in [-0.1, -0.05) is 48.5 Å². The monoisotopic (exact) mass is 562 g/mol. The second kappa shape index (κ2) is 9.63. The Balaban J connectivity index is 1.28. The van der Waals surface area contributed by atoms with Crippen molar-refractivity contribution in [1.29, 1.82) is 0 Å². The van der Waals surface area contributed by atoms with Crippen LogP contribution in [-0.4, -0.2) is 59.4 Å². The van der Waals surface area contributed by atoms with E-state index in [9.17, 15) is 10.2 Å². The van der Waals surface area contributed by atoms with Crippen LogP contribution in [0.1, 0.15) is 107 Å². The summed E-state index contributed by atoms with van der Waals surface area (Å²) in [4.78, 5) is 0. The molecule has 6 heteroatoms. The van der Waals surface area contributed by atoms with Crippen molar-refractivity contribution >= 4 is 0 Å². The summed E-state index contributed by atoms with van der Waals surface area (Å²) < 4.78 is 26.2. The predicted molar refractivity (Wildman–Crippen MR) is 154 cm³/mol. The van der Waals surface area contributed by atoms with Crippen LogP contribution in [0.25, 0.3) is 0 Å². The summed E-state index contributed by atoms with van der Waals surface area (Å²) >= 11 is 0. The van der Waals surface area contributed by atoms with E-state index in [4.69, 9.17) is 18.9 Å². The Labute approximate surface area is 243 Å². The van der Waals surface area contributed by atoms with E-state index < -0.39 is 23.8 Å². The highest BCUT2D eigenvalue weighted by Gasteiger charge is 2.70. The van der Waals surface area contributed by atoms with Gasteiger partial charge in [0.2, 0.25) is 0 Å². The summed E-state index contributed by atoms with van der Waals surface area (Å²) in [5.41, 5.74) is 0.189. The Bertz CT molecular complexity index is 953. The molecule has 2 heterocycles. The molecule has 0 bridgehead atoms. The molecule has 4 aliphatic carbocycles. The van der Waals surface area contributed by atoms with Gasteiger partial charge >= 0.3 is 0 Å². The SMILES string of the molecule is C[C@H]([C@@H](O)[C@H](O)[C@@H](C)C(C)(C)C)[C@H]1CCC2C3CC4(OCCO4)C4C[C@@H]5OC(C)(C)O[C@@H]5C[C@]4(C)C3CC[C@@]21C. The summed E-state index contributed by atoms with van der Waals surface area (Å²) in [7, 11) is 0. The molecule has 40 heavy (non-hydrogen) atoms. The Morgan fingerprint density at radius 3 is 2.05 bits per heavy atom. The summed E-state index contributed by atoms with van der Waals surface area (Å²) in [6.07, 6.45) is 6.51. The second-order valence-electron chi connectivity index (χ2n) is 17.0. The first kappa shape index (κ1) is 29.8. The van der Waals surface area contributed by atoms with Crippen molar-refractivity contribution in [2.75, 3.05) is 13.2 Å². The molecule has 2 saturated heterocycles. The molecular weight excluding hydrogens is 504 g/mol. The number of ether oxygens (including phenoxy) is 4. The molecule has 1 spiro atoms. The van der Waals surface area contributed by atoms with Gasteiger partial charge in [0.15, 0.2) is 11.6 Å². The molecule has 0 aromatic carbocycles. The van der Waals surface area contributed by atoms with E-state index in [-0.39, 0.29) is 40.3 Å². The zero-order valence-corrected chi connectivity index (χ0v) is 26.7. The van der Waals surface area contributed by atoms with Gasteiger partial charge < -0.3 is 29.2 Å². The van der Waals surface area contributed by atoms with Crippen LogP contribution in [0.2, 0.25) is 0 Å². The molecule has 2 N–H and O–H groups in total. The van der Waals surface area contributed by atoms with Crippen LogP contribution >= 0.6 is 0 Å². The number of hydrogen-bond acceptors (Lipinski definition) is 6. The van der Waals surface area contributed by atoms with E-state index >= 15 is 0 Å². The average molecular weight is 563 g/mol. The highest BCUT2D eigenvalue weighted by Crippen LogP contribution is 2.71. The smallest absolute Gasteiger partial charge is 0.172 e. The molecular formula is C34H58O6. The van der Waals surface area contributed by atoms with Gasteiger partial charge in [0.25, 0.3) is 0 Å². The number of rotatable bonds is 4. The number of fused-ring (bicyclic) bond motifs is 7. The van der Waals surface area contributed by atoms with Gasteiger partial charge in [0.05, 0.1) is 37.6 Å². The predicted octanol–water partition coefficient (Wildman–Crippen LogP) is 6.17. The van der Waals surface area contributed by atoms with E-state index in [1.807, 2.05) is 0 Å². The van der Waals surface area contributed by atoms with Gasteiger partial charge in [-0.3, -0.25) is 0 Å². The molecule has 0 radical (unpaired) electrons. The number of aliphatic hydroxyl groups excluding tert-OH is 2. The first-order chi connectivity index (χ1) is 18.5. The van der Waals surface area contributed by atoms with E-state index in [1.54, 1.807) is 0 Å². The fourth-order valence-corrected chi connectivity index (χ4v) is 11.4. The molecule has 6 fully saturated rings.